The molecular weight excluding hydrogens is 867 g/mol. The average Bonchev–Trinajstić information content (AvgIpc) is 3.33. The van der Waals surface area contributed by atoms with E-state index in [1.807, 2.05) is 26.2 Å². The maximum Gasteiger partial charge on any atom is 0.330 e. The first-order valence-corrected chi connectivity index (χ1v) is 30.8. The molecule has 0 aliphatic carbocycles. The summed E-state index contributed by atoms with van der Waals surface area (Å²) in [7, 11) is 4.05. The van der Waals surface area contributed by atoms with Gasteiger partial charge in [0.05, 0.1) is 13.2 Å². The van der Waals surface area contributed by atoms with Crippen LogP contribution in [0.5, 0.6) is 0 Å². The van der Waals surface area contributed by atoms with E-state index in [1.54, 1.807) is 0 Å². The standard InChI is InChI=1S/C63H119NO6/c1-7-11-15-19-23-27-31-37-46-58(47-38-32-28-24-20-16-12-8-2)56-62(66)68-54-43-35-41-50-60(70-61(65)52-45-53-64(5)6)51-42-36-44-55-69-63(67)57-59(48-39-33-29-25-21-17-13-9-3)49-40-34-30-26-22-18-14-10-4/h56-57,60H,7-55H2,1-6H3. The summed E-state index contributed by atoms with van der Waals surface area (Å²) in [6.07, 6.45) is 57.3. The third-order valence-corrected chi connectivity index (χ3v) is 14.2. The SMILES string of the molecule is CCCCCCCCCCC(=CC(=O)OCCCCCC(CCCCCOC(=O)C=C(CCCCCCCCCC)CCCCCCCCCC)OC(=O)CCCN(C)C)CCCCCCCCCC. The topological polar surface area (TPSA) is 82.1 Å². The van der Waals surface area contributed by atoms with E-state index in [0.717, 1.165) is 116 Å². The second kappa shape index (κ2) is 54.6. The molecular formula is C63H119NO6. The van der Waals surface area contributed by atoms with Gasteiger partial charge in [-0.15, -0.1) is 0 Å². The van der Waals surface area contributed by atoms with Gasteiger partial charge in [0, 0.05) is 18.6 Å². The molecule has 0 aliphatic rings. The first-order chi connectivity index (χ1) is 34.2. The molecule has 0 aromatic rings. The Labute approximate surface area is 436 Å². The van der Waals surface area contributed by atoms with Gasteiger partial charge in [0.2, 0.25) is 0 Å². The van der Waals surface area contributed by atoms with Crippen LogP contribution in [-0.2, 0) is 28.6 Å². The number of nitrogens with zero attached hydrogens (tertiary/aromatic N) is 1. The highest BCUT2D eigenvalue weighted by Gasteiger charge is 2.15. The quantitative estimate of drug-likeness (QED) is 0.0260. The fraction of sp³-hybridized carbons (Fsp3) is 0.889. The Morgan fingerprint density at radius 2 is 0.643 bits per heavy atom. The number of hydrogen-bond donors (Lipinski definition) is 0. The van der Waals surface area contributed by atoms with Gasteiger partial charge in [0.15, 0.2) is 0 Å². The van der Waals surface area contributed by atoms with Crippen molar-refractivity contribution in [2.75, 3.05) is 33.9 Å². The van der Waals surface area contributed by atoms with E-state index in [0.29, 0.717) is 19.6 Å². The molecule has 7 nitrogen and oxygen atoms in total. The molecule has 7 heteroatoms. The highest BCUT2D eigenvalue weighted by Crippen LogP contribution is 2.22. The van der Waals surface area contributed by atoms with Gasteiger partial charge >= 0.3 is 17.9 Å². The lowest BCUT2D eigenvalue weighted by Gasteiger charge is -2.18. The van der Waals surface area contributed by atoms with Crippen molar-refractivity contribution < 1.29 is 28.6 Å². The summed E-state index contributed by atoms with van der Waals surface area (Å²) < 4.78 is 17.5. The summed E-state index contributed by atoms with van der Waals surface area (Å²) in [5.41, 5.74) is 2.55. The smallest absolute Gasteiger partial charge is 0.330 e. The average molecular weight is 987 g/mol. The molecule has 0 fully saturated rings. The Hall–Kier alpha value is -2.15. The first kappa shape index (κ1) is 67.8. The van der Waals surface area contributed by atoms with Gasteiger partial charge in [-0.2, -0.15) is 0 Å². The fourth-order valence-electron chi connectivity index (χ4n) is 9.59. The molecule has 0 heterocycles. The highest BCUT2D eigenvalue weighted by molar-refractivity contribution is 5.83. The molecule has 0 aromatic heterocycles. The molecule has 0 aliphatic heterocycles. The lowest BCUT2D eigenvalue weighted by Crippen LogP contribution is -2.20. The molecule has 0 rings (SSSR count). The highest BCUT2D eigenvalue weighted by atomic mass is 16.5. The number of ether oxygens (including phenoxy) is 3. The van der Waals surface area contributed by atoms with Gasteiger partial charge in [-0.25, -0.2) is 9.59 Å². The Morgan fingerprint density at radius 1 is 0.357 bits per heavy atom. The maximum atomic E-state index is 13.0. The molecule has 0 atom stereocenters. The van der Waals surface area contributed by atoms with Gasteiger partial charge < -0.3 is 19.1 Å². The van der Waals surface area contributed by atoms with E-state index in [4.69, 9.17) is 14.2 Å². The fourth-order valence-corrected chi connectivity index (χ4v) is 9.59. The number of unbranched alkanes of at least 4 members (excludes halogenated alkanes) is 32. The van der Waals surface area contributed by atoms with Crippen LogP contribution in [0, 0.1) is 0 Å². The Balaban J connectivity index is 4.98. The summed E-state index contributed by atoms with van der Waals surface area (Å²) in [4.78, 5) is 40.9. The lowest BCUT2D eigenvalue weighted by atomic mass is 9.99. The summed E-state index contributed by atoms with van der Waals surface area (Å²) in [5, 5.41) is 0. The van der Waals surface area contributed by atoms with E-state index >= 15 is 0 Å². The largest absolute Gasteiger partial charge is 0.463 e. The van der Waals surface area contributed by atoms with Crippen LogP contribution in [0.15, 0.2) is 23.3 Å². The molecule has 0 bridgehead atoms. The van der Waals surface area contributed by atoms with Crippen LogP contribution in [0.1, 0.15) is 323 Å². The van der Waals surface area contributed by atoms with E-state index < -0.39 is 0 Å². The number of esters is 3. The summed E-state index contributed by atoms with van der Waals surface area (Å²) in [5.74, 6) is -0.477. The van der Waals surface area contributed by atoms with Crippen molar-refractivity contribution in [3.05, 3.63) is 23.3 Å². The minimum atomic E-state index is -0.182. The van der Waals surface area contributed by atoms with Crippen LogP contribution in [-0.4, -0.2) is 62.8 Å². The van der Waals surface area contributed by atoms with Gasteiger partial charge in [-0.05, 0) is 130 Å². The van der Waals surface area contributed by atoms with Crippen molar-refractivity contribution in [1.29, 1.82) is 0 Å². The van der Waals surface area contributed by atoms with E-state index in [1.165, 1.54) is 191 Å². The zero-order valence-corrected chi connectivity index (χ0v) is 47.8. The van der Waals surface area contributed by atoms with Crippen molar-refractivity contribution in [2.24, 2.45) is 0 Å². The molecule has 0 spiro atoms. The van der Waals surface area contributed by atoms with Crippen molar-refractivity contribution >= 4 is 17.9 Å². The van der Waals surface area contributed by atoms with Crippen molar-refractivity contribution in [2.45, 2.75) is 329 Å². The molecule has 0 amide bonds. The molecule has 412 valence electrons. The van der Waals surface area contributed by atoms with Crippen molar-refractivity contribution in [3.8, 4) is 0 Å². The third kappa shape index (κ3) is 50.8. The van der Waals surface area contributed by atoms with Crippen LogP contribution >= 0.6 is 0 Å². The zero-order valence-electron chi connectivity index (χ0n) is 47.8. The van der Waals surface area contributed by atoms with Crippen LogP contribution in [0.4, 0.5) is 0 Å². The summed E-state index contributed by atoms with van der Waals surface area (Å²) >= 11 is 0. The van der Waals surface area contributed by atoms with E-state index in [9.17, 15) is 14.4 Å². The van der Waals surface area contributed by atoms with Gasteiger partial charge in [0.25, 0.3) is 0 Å². The van der Waals surface area contributed by atoms with Crippen LogP contribution in [0.3, 0.4) is 0 Å². The van der Waals surface area contributed by atoms with Crippen LogP contribution in [0.25, 0.3) is 0 Å². The first-order valence-electron chi connectivity index (χ1n) is 30.8. The van der Waals surface area contributed by atoms with Gasteiger partial charge in [-0.3, -0.25) is 4.79 Å². The monoisotopic (exact) mass is 986 g/mol. The molecule has 0 N–H and O–H groups in total. The molecule has 0 saturated carbocycles. The van der Waals surface area contributed by atoms with Crippen LogP contribution < -0.4 is 0 Å². The van der Waals surface area contributed by atoms with E-state index in [2.05, 4.69) is 32.6 Å². The molecule has 0 unspecified atom stereocenters. The Morgan fingerprint density at radius 3 is 0.943 bits per heavy atom. The maximum absolute atomic E-state index is 13.0. The van der Waals surface area contributed by atoms with E-state index in [-0.39, 0.29) is 24.0 Å². The second-order valence-electron chi connectivity index (χ2n) is 21.6. The van der Waals surface area contributed by atoms with Gasteiger partial charge in [-0.1, -0.05) is 219 Å². The zero-order chi connectivity index (χ0) is 51.2. The van der Waals surface area contributed by atoms with Gasteiger partial charge in [0.1, 0.15) is 6.10 Å². The number of allylic oxidation sites excluding steroid dienone is 2. The normalized spacial score (nSPS) is 11.4. The second-order valence-corrected chi connectivity index (χ2v) is 21.6. The Kier molecular flexibility index (Phi) is 52.9. The van der Waals surface area contributed by atoms with Crippen LogP contribution in [0.2, 0.25) is 0 Å². The molecule has 70 heavy (non-hydrogen) atoms. The molecule has 0 radical (unpaired) electrons. The van der Waals surface area contributed by atoms with Crippen molar-refractivity contribution in [1.82, 2.24) is 4.90 Å². The minimum Gasteiger partial charge on any atom is -0.463 e. The number of carbonyl (C=O) groups is 3. The number of hydrogen-bond acceptors (Lipinski definition) is 7. The minimum absolute atomic E-state index is 0.113. The number of rotatable bonds is 55. The lowest BCUT2D eigenvalue weighted by molar-refractivity contribution is -0.150. The summed E-state index contributed by atoms with van der Waals surface area (Å²) in [6.45, 7) is 10.8. The number of carbonyl (C=O) groups excluding carboxylic acids is 3. The molecule has 0 aromatic carbocycles. The predicted octanol–water partition coefficient (Wildman–Crippen LogP) is 19.4. The summed E-state index contributed by atoms with van der Waals surface area (Å²) in [6, 6.07) is 0. The Bertz CT molecular complexity index is 1090. The molecule has 0 saturated heterocycles. The van der Waals surface area contributed by atoms with Crippen molar-refractivity contribution in [3.63, 3.8) is 0 Å². The third-order valence-electron chi connectivity index (χ3n) is 14.2. The predicted molar refractivity (Wildman–Crippen MR) is 302 cm³/mol.